The third-order valence-electron chi connectivity index (χ3n) is 4.22. The van der Waals surface area contributed by atoms with Gasteiger partial charge >= 0.3 is 0 Å². The predicted molar refractivity (Wildman–Crippen MR) is 68.3 cm³/mol. The van der Waals surface area contributed by atoms with E-state index in [9.17, 15) is 4.79 Å². The van der Waals surface area contributed by atoms with Gasteiger partial charge in [0.15, 0.2) is 0 Å². The molecule has 5 nitrogen and oxygen atoms in total. The van der Waals surface area contributed by atoms with Crippen molar-refractivity contribution in [3.63, 3.8) is 0 Å². The molecule has 0 bridgehead atoms. The Labute approximate surface area is 109 Å². The molecule has 2 atom stereocenters. The van der Waals surface area contributed by atoms with Crippen LogP contribution in [-0.4, -0.2) is 52.5 Å². The van der Waals surface area contributed by atoms with Crippen LogP contribution in [0, 0.1) is 11.3 Å². The number of amides is 1. The minimum atomic E-state index is -0.0479. The number of nitrogens with one attached hydrogen (secondary N) is 2. The Hall–Kier alpha value is -0.650. The minimum absolute atomic E-state index is 0.0479. The molecule has 2 N–H and O–H groups in total. The second kappa shape index (κ2) is 5.99. The van der Waals surface area contributed by atoms with Gasteiger partial charge in [-0.25, -0.2) is 0 Å². The van der Waals surface area contributed by atoms with Gasteiger partial charge in [0.25, 0.3) is 0 Å². The molecule has 0 radical (unpaired) electrons. The van der Waals surface area contributed by atoms with Crippen LogP contribution >= 0.6 is 0 Å². The van der Waals surface area contributed by atoms with Crippen LogP contribution < -0.4 is 10.6 Å². The van der Waals surface area contributed by atoms with E-state index in [4.69, 9.17) is 9.47 Å². The summed E-state index contributed by atoms with van der Waals surface area (Å²) in [6, 6.07) is 0.152. The van der Waals surface area contributed by atoms with Crippen LogP contribution in [-0.2, 0) is 14.3 Å². The van der Waals surface area contributed by atoms with Gasteiger partial charge in [-0.1, -0.05) is 0 Å². The molecule has 104 valence electrons. The van der Waals surface area contributed by atoms with Crippen molar-refractivity contribution in [3.8, 4) is 0 Å². The SMILES string of the molecule is CNC1COCC1C(=O)NCC1(CCOC)CC1. The monoisotopic (exact) mass is 256 g/mol. The van der Waals surface area contributed by atoms with Crippen molar-refractivity contribution in [2.24, 2.45) is 11.3 Å². The zero-order chi connectivity index (χ0) is 13.0. The van der Waals surface area contributed by atoms with E-state index in [-0.39, 0.29) is 17.9 Å². The van der Waals surface area contributed by atoms with Gasteiger partial charge in [0.1, 0.15) is 0 Å². The smallest absolute Gasteiger partial charge is 0.227 e. The molecule has 1 amide bonds. The van der Waals surface area contributed by atoms with Crippen LogP contribution in [0.4, 0.5) is 0 Å². The molecule has 0 aromatic carbocycles. The first-order valence-corrected chi connectivity index (χ1v) is 6.72. The summed E-state index contributed by atoms with van der Waals surface area (Å²) in [6.45, 7) is 2.72. The first-order chi connectivity index (χ1) is 8.71. The lowest BCUT2D eigenvalue weighted by Gasteiger charge is -2.20. The van der Waals surface area contributed by atoms with E-state index >= 15 is 0 Å². The number of ether oxygens (including phenoxy) is 2. The largest absolute Gasteiger partial charge is 0.385 e. The standard InChI is InChI=1S/C13H24N2O3/c1-14-11-8-18-7-10(11)12(16)15-9-13(3-4-13)5-6-17-2/h10-11,14H,3-9H2,1-2H3,(H,15,16). The molecule has 1 saturated carbocycles. The molecule has 2 aliphatic rings. The van der Waals surface area contributed by atoms with Gasteiger partial charge in [-0.05, 0) is 31.7 Å². The van der Waals surface area contributed by atoms with Crippen molar-refractivity contribution < 1.29 is 14.3 Å². The summed E-state index contributed by atoms with van der Waals surface area (Å²) in [5, 5.41) is 6.22. The highest BCUT2D eigenvalue weighted by molar-refractivity contribution is 5.80. The highest BCUT2D eigenvalue weighted by Crippen LogP contribution is 2.48. The fourth-order valence-electron chi connectivity index (χ4n) is 2.51. The van der Waals surface area contributed by atoms with Crippen molar-refractivity contribution in [1.29, 1.82) is 0 Å². The molecule has 0 spiro atoms. The van der Waals surface area contributed by atoms with Crippen LogP contribution in [0.5, 0.6) is 0 Å². The summed E-state index contributed by atoms with van der Waals surface area (Å²) in [6.07, 6.45) is 3.45. The summed E-state index contributed by atoms with van der Waals surface area (Å²) < 4.78 is 10.5. The van der Waals surface area contributed by atoms with Gasteiger partial charge in [-0.2, -0.15) is 0 Å². The summed E-state index contributed by atoms with van der Waals surface area (Å²) in [7, 11) is 3.60. The number of likely N-dealkylation sites (N-methyl/N-ethyl adjacent to an activating group) is 1. The zero-order valence-electron chi connectivity index (χ0n) is 11.3. The molecule has 1 saturated heterocycles. The van der Waals surface area contributed by atoms with Crippen molar-refractivity contribution in [1.82, 2.24) is 10.6 Å². The van der Waals surface area contributed by atoms with Crippen LogP contribution in [0.3, 0.4) is 0 Å². The lowest BCUT2D eigenvalue weighted by Crippen LogP contribution is -2.44. The average molecular weight is 256 g/mol. The number of methoxy groups -OCH3 is 1. The quantitative estimate of drug-likeness (QED) is 0.681. The Morgan fingerprint density at radius 1 is 1.44 bits per heavy atom. The van der Waals surface area contributed by atoms with E-state index in [2.05, 4.69) is 10.6 Å². The highest BCUT2D eigenvalue weighted by Gasteiger charge is 2.43. The first kappa shape index (κ1) is 13.8. The normalized spacial score (nSPS) is 29.2. The van der Waals surface area contributed by atoms with Crippen molar-refractivity contribution >= 4 is 5.91 Å². The fourth-order valence-corrected chi connectivity index (χ4v) is 2.51. The Balaban J connectivity index is 1.74. The van der Waals surface area contributed by atoms with Gasteiger partial charge in [-0.15, -0.1) is 0 Å². The number of carbonyl (C=O) groups is 1. The molecule has 2 rings (SSSR count). The molecule has 1 aliphatic heterocycles. The van der Waals surface area contributed by atoms with Gasteiger partial charge < -0.3 is 20.1 Å². The molecule has 1 aliphatic carbocycles. The van der Waals surface area contributed by atoms with E-state index < -0.39 is 0 Å². The summed E-state index contributed by atoms with van der Waals surface area (Å²) in [4.78, 5) is 12.1. The fraction of sp³-hybridized carbons (Fsp3) is 0.923. The molecule has 18 heavy (non-hydrogen) atoms. The third-order valence-corrected chi connectivity index (χ3v) is 4.22. The minimum Gasteiger partial charge on any atom is -0.385 e. The van der Waals surface area contributed by atoms with Gasteiger partial charge in [0, 0.05) is 26.3 Å². The topological polar surface area (TPSA) is 59.6 Å². The molecule has 2 fully saturated rings. The average Bonchev–Trinajstić information content (AvgIpc) is 2.99. The van der Waals surface area contributed by atoms with E-state index in [1.165, 1.54) is 12.8 Å². The van der Waals surface area contributed by atoms with Crippen molar-refractivity contribution in [3.05, 3.63) is 0 Å². The molecule has 5 heteroatoms. The number of rotatable bonds is 7. The molecule has 0 aromatic heterocycles. The van der Waals surface area contributed by atoms with E-state index in [0.29, 0.717) is 18.6 Å². The predicted octanol–water partition coefficient (Wildman–Crippen LogP) is 0.154. The second-order valence-corrected chi connectivity index (χ2v) is 5.50. The van der Waals surface area contributed by atoms with Gasteiger partial charge in [-0.3, -0.25) is 4.79 Å². The summed E-state index contributed by atoms with van der Waals surface area (Å²) >= 11 is 0. The van der Waals surface area contributed by atoms with Crippen LogP contribution in [0.2, 0.25) is 0 Å². The number of hydrogen-bond donors (Lipinski definition) is 2. The van der Waals surface area contributed by atoms with Crippen LogP contribution in [0.25, 0.3) is 0 Å². The number of hydrogen-bond acceptors (Lipinski definition) is 4. The highest BCUT2D eigenvalue weighted by atomic mass is 16.5. The first-order valence-electron chi connectivity index (χ1n) is 6.72. The Bertz CT molecular complexity index is 292. The maximum absolute atomic E-state index is 12.1. The maximum Gasteiger partial charge on any atom is 0.227 e. The van der Waals surface area contributed by atoms with Crippen LogP contribution in [0.1, 0.15) is 19.3 Å². The molecular formula is C13H24N2O3. The van der Waals surface area contributed by atoms with Crippen molar-refractivity contribution in [2.75, 3.05) is 40.5 Å². The molecular weight excluding hydrogens is 232 g/mol. The molecule has 0 aromatic rings. The zero-order valence-corrected chi connectivity index (χ0v) is 11.3. The van der Waals surface area contributed by atoms with Gasteiger partial charge in [0.05, 0.1) is 19.1 Å². The Morgan fingerprint density at radius 2 is 2.22 bits per heavy atom. The van der Waals surface area contributed by atoms with Crippen LogP contribution in [0.15, 0.2) is 0 Å². The summed E-state index contributed by atoms with van der Waals surface area (Å²) in [5.41, 5.74) is 0.306. The van der Waals surface area contributed by atoms with Crippen molar-refractivity contribution in [2.45, 2.75) is 25.3 Å². The summed E-state index contributed by atoms with van der Waals surface area (Å²) in [5.74, 6) is 0.0729. The van der Waals surface area contributed by atoms with Gasteiger partial charge in [0.2, 0.25) is 5.91 Å². The third kappa shape index (κ3) is 3.22. The Kier molecular flexibility index (Phi) is 4.59. The maximum atomic E-state index is 12.1. The van der Waals surface area contributed by atoms with E-state index in [1.54, 1.807) is 7.11 Å². The lowest BCUT2D eigenvalue weighted by molar-refractivity contribution is -0.125. The van der Waals surface area contributed by atoms with E-state index in [0.717, 1.165) is 19.6 Å². The molecule has 2 unspecified atom stereocenters. The Morgan fingerprint density at radius 3 is 2.83 bits per heavy atom. The molecule has 1 heterocycles. The van der Waals surface area contributed by atoms with E-state index in [1.807, 2.05) is 7.05 Å². The lowest BCUT2D eigenvalue weighted by atomic mass is 10.0. The number of carbonyl (C=O) groups excluding carboxylic acids is 1. The second-order valence-electron chi connectivity index (χ2n) is 5.50.